The summed E-state index contributed by atoms with van der Waals surface area (Å²) >= 11 is 0. The number of carbonyl (C=O) groups is 1. The Bertz CT molecular complexity index is 1050. The lowest BCUT2D eigenvalue weighted by Crippen LogP contribution is -2.37. The van der Waals surface area contributed by atoms with E-state index >= 15 is 0 Å². The van der Waals surface area contributed by atoms with Gasteiger partial charge in [0.05, 0.1) is 12.5 Å². The molecule has 0 bridgehead atoms. The van der Waals surface area contributed by atoms with Crippen molar-refractivity contribution in [3.05, 3.63) is 48.8 Å². The Kier molecular flexibility index (Phi) is 4.92. The van der Waals surface area contributed by atoms with E-state index in [4.69, 9.17) is 4.52 Å². The molecule has 0 spiro atoms. The third-order valence-electron chi connectivity index (χ3n) is 4.51. The molecule has 1 amide bonds. The molecule has 0 aliphatic carbocycles. The van der Waals surface area contributed by atoms with Crippen LogP contribution in [-0.2, 0) is 10.0 Å². The van der Waals surface area contributed by atoms with Crippen molar-refractivity contribution >= 4 is 15.9 Å². The van der Waals surface area contributed by atoms with E-state index in [1.54, 1.807) is 29.4 Å². The molecule has 1 aliphatic rings. The summed E-state index contributed by atoms with van der Waals surface area (Å²) in [5.41, 5.74) is 0.908. The van der Waals surface area contributed by atoms with Crippen LogP contribution in [0.4, 0.5) is 0 Å². The fraction of sp³-hybridized carbons (Fsp3) is 0.294. The summed E-state index contributed by atoms with van der Waals surface area (Å²) in [7, 11) is -3.65. The van der Waals surface area contributed by atoms with Gasteiger partial charge in [0.15, 0.2) is 16.5 Å². The number of sulfonamides is 1. The molecule has 3 aromatic heterocycles. The average molecular weight is 402 g/mol. The van der Waals surface area contributed by atoms with Gasteiger partial charge < -0.3 is 14.4 Å². The molecule has 1 saturated heterocycles. The number of nitrogens with zero attached hydrogens (tertiary/aromatic N) is 5. The van der Waals surface area contributed by atoms with Crippen LogP contribution >= 0.6 is 0 Å². The van der Waals surface area contributed by atoms with E-state index in [-0.39, 0.29) is 29.7 Å². The molecule has 0 atom stereocenters. The Labute approximate surface area is 161 Å². The summed E-state index contributed by atoms with van der Waals surface area (Å²) in [5, 5.41) is 3.91. The van der Waals surface area contributed by atoms with Crippen LogP contribution in [-0.4, -0.2) is 69.8 Å². The van der Waals surface area contributed by atoms with Crippen molar-refractivity contribution < 1.29 is 17.7 Å². The molecule has 0 unspecified atom stereocenters. The summed E-state index contributed by atoms with van der Waals surface area (Å²) < 4.78 is 31.9. The van der Waals surface area contributed by atoms with Gasteiger partial charge in [0.25, 0.3) is 15.9 Å². The maximum absolute atomic E-state index is 12.8. The second kappa shape index (κ2) is 7.52. The van der Waals surface area contributed by atoms with Crippen LogP contribution in [0.25, 0.3) is 11.3 Å². The molecule has 0 aromatic carbocycles. The number of H-pyrrole nitrogens is 1. The highest BCUT2D eigenvalue weighted by molar-refractivity contribution is 7.89. The molecule has 3 aromatic rings. The molecule has 0 saturated carbocycles. The number of amides is 1. The predicted octanol–water partition coefficient (Wildman–Crippen LogP) is 0.996. The van der Waals surface area contributed by atoms with Gasteiger partial charge in [-0.2, -0.15) is 4.31 Å². The van der Waals surface area contributed by atoms with Crippen molar-refractivity contribution in [2.24, 2.45) is 0 Å². The second-order valence-electron chi connectivity index (χ2n) is 6.28. The van der Waals surface area contributed by atoms with Crippen molar-refractivity contribution in [2.45, 2.75) is 11.4 Å². The lowest BCUT2D eigenvalue weighted by molar-refractivity contribution is 0.0754. The van der Waals surface area contributed by atoms with E-state index in [0.29, 0.717) is 25.3 Å². The molecule has 11 heteroatoms. The lowest BCUT2D eigenvalue weighted by Gasteiger charge is -2.20. The van der Waals surface area contributed by atoms with E-state index in [0.717, 1.165) is 5.56 Å². The summed E-state index contributed by atoms with van der Waals surface area (Å²) in [6.07, 6.45) is 6.39. The van der Waals surface area contributed by atoms with Gasteiger partial charge in [0.2, 0.25) is 0 Å². The van der Waals surface area contributed by atoms with E-state index in [9.17, 15) is 13.2 Å². The first kappa shape index (κ1) is 18.3. The Hall–Kier alpha value is -3.05. The zero-order valence-corrected chi connectivity index (χ0v) is 15.7. The largest absolute Gasteiger partial charge is 0.355 e. The normalized spacial score (nSPS) is 16.1. The third-order valence-corrected chi connectivity index (χ3v) is 6.33. The van der Waals surface area contributed by atoms with Gasteiger partial charge >= 0.3 is 0 Å². The van der Waals surface area contributed by atoms with Crippen LogP contribution in [0.3, 0.4) is 0 Å². The lowest BCUT2D eigenvalue weighted by atomic mass is 10.2. The highest BCUT2D eigenvalue weighted by Crippen LogP contribution is 2.21. The fourth-order valence-corrected chi connectivity index (χ4v) is 4.41. The summed E-state index contributed by atoms with van der Waals surface area (Å²) in [6.45, 7) is 1.22. The molecule has 4 rings (SSSR count). The van der Waals surface area contributed by atoms with Crippen molar-refractivity contribution in [1.29, 1.82) is 0 Å². The number of pyridine rings is 1. The highest BCUT2D eigenvalue weighted by atomic mass is 32.2. The fourth-order valence-electron chi connectivity index (χ4n) is 3.04. The minimum absolute atomic E-state index is 0.0462. The monoisotopic (exact) mass is 402 g/mol. The molecule has 4 heterocycles. The first-order valence-electron chi connectivity index (χ1n) is 8.70. The molecule has 146 valence electrons. The number of imidazole rings is 1. The van der Waals surface area contributed by atoms with Gasteiger partial charge in [-0.15, -0.1) is 0 Å². The standard InChI is InChI=1S/C17H18N6O4S/c24-17(14-9-15(27-21-14)13-3-1-4-18-10-13)22-5-2-6-23(8-7-22)28(25,26)16-11-19-12-20-16/h1,3-4,9-12H,2,5-8H2,(H,19,20). The number of rotatable bonds is 4. The molecule has 0 radical (unpaired) electrons. The van der Waals surface area contributed by atoms with Gasteiger partial charge in [-0.3, -0.25) is 9.78 Å². The second-order valence-corrected chi connectivity index (χ2v) is 8.19. The maximum atomic E-state index is 12.8. The van der Waals surface area contributed by atoms with E-state index in [1.807, 2.05) is 6.07 Å². The van der Waals surface area contributed by atoms with Crippen molar-refractivity contribution in [3.63, 3.8) is 0 Å². The van der Waals surface area contributed by atoms with Crippen LogP contribution in [0.5, 0.6) is 0 Å². The van der Waals surface area contributed by atoms with E-state index in [1.165, 1.54) is 16.8 Å². The molecular formula is C17H18N6O4S. The Morgan fingerprint density at radius 1 is 1.14 bits per heavy atom. The minimum atomic E-state index is -3.65. The van der Waals surface area contributed by atoms with Gasteiger partial charge in [-0.05, 0) is 18.6 Å². The van der Waals surface area contributed by atoms with Crippen LogP contribution in [0.2, 0.25) is 0 Å². The number of aromatic nitrogens is 4. The first-order chi connectivity index (χ1) is 13.6. The minimum Gasteiger partial charge on any atom is -0.355 e. The summed E-state index contributed by atoms with van der Waals surface area (Å²) in [6, 6.07) is 5.15. The quantitative estimate of drug-likeness (QED) is 0.690. The average Bonchev–Trinajstić information content (AvgIpc) is 3.36. The predicted molar refractivity (Wildman–Crippen MR) is 97.6 cm³/mol. The number of nitrogens with one attached hydrogen (secondary N) is 1. The van der Waals surface area contributed by atoms with Gasteiger partial charge in [-0.25, -0.2) is 13.4 Å². The highest BCUT2D eigenvalue weighted by Gasteiger charge is 2.30. The molecule has 1 N–H and O–H groups in total. The van der Waals surface area contributed by atoms with Crippen molar-refractivity contribution in [3.8, 4) is 11.3 Å². The zero-order valence-electron chi connectivity index (χ0n) is 14.9. The third kappa shape index (κ3) is 3.53. The number of hydrogen-bond acceptors (Lipinski definition) is 7. The van der Waals surface area contributed by atoms with Crippen LogP contribution in [0.15, 0.2) is 52.7 Å². The number of hydrogen-bond donors (Lipinski definition) is 1. The Balaban J connectivity index is 1.46. The van der Waals surface area contributed by atoms with Gasteiger partial charge in [0, 0.05) is 50.2 Å². The van der Waals surface area contributed by atoms with Crippen LogP contribution < -0.4 is 0 Å². The summed E-state index contributed by atoms with van der Waals surface area (Å²) in [4.78, 5) is 24.8. The topological polar surface area (TPSA) is 125 Å². The molecule has 10 nitrogen and oxygen atoms in total. The first-order valence-corrected chi connectivity index (χ1v) is 10.1. The Morgan fingerprint density at radius 2 is 2.04 bits per heavy atom. The molecular weight excluding hydrogens is 384 g/mol. The van der Waals surface area contributed by atoms with E-state index < -0.39 is 10.0 Å². The summed E-state index contributed by atoms with van der Waals surface area (Å²) in [5.74, 6) is 0.161. The maximum Gasteiger partial charge on any atom is 0.276 e. The van der Waals surface area contributed by atoms with Crippen molar-refractivity contribution in [1.82, 2.24) is 29.3 Å². The molecule has 1 fully saturated rings. The van der Waals surface area contributed by atoms with Gasteiger partial charge in [-0.1, -0.05) is 5.16 Å². The van der Waals surface area contributed by atoms with Crippen LogP contribution in [0.1, 0.15) is 16.9 Å². The Morgan fingerprint density at radius 3 is 2.79 bits per heavy atom. The SMILES string of the molecule is O=C(c1cc(-c2cccnc2)on1)N1CCCN(S(=O)(=O)c2cnc[nH]2)CC1. The van der Waals surface area contributed by atoms with Crippen molar-refractivity contribution in [2.75, 3.05) is 26.2 Å². The van der Waals surface area contributed by atoms with E-state index in [2.05, 4.69) is 20.1 Å². The smallest absolute Gasteiger partial charge is 0.276 e. The zero-order chi connectivity index (χ0) is 19.6. The number of aromatic amines is 1. The van der Waals surface area contributed by atoms with Gasteiger partial charge in [0.1, 0.15) is 0 Å². The molecule has 1 aliphatic heterocycles. The number of carbonyl (C=O) groups excluding carboxylic acids is 1. The van der Waals surface area contributed by atoms with Crippen LogP contribution in [0, 0.1) is 0 Å². The molecule has 28 heavy (non-hydrogen) atoms.